The maximum Gasteiger partial charge on any atom is 0.433 e. The molecule has 2 aromatic rings. The van der Waals surface area contributed by atoms with Gasteiger partial charge in [0, 0.05) is 36.9 Å². The van der Waals surface area contributed by atoms with Crippen molar-refractivity contribution in [1.29, 1.82) is 0 Å². The van der Waals surface area contributed by atoms with Crippen LogP contribution in [0.25, 0.3) is 0 Å². The Balaban J connectivity index is 1.21. The maximum absolute atomic E-state index is 12.9. The SMILES string of the molecule is O=C(COc1ccc(C(F)(F)F)nc1)NC1CCC(N2CCN(c3ccc(C(F)F)cn3)C2=O)CC1. The van der Waals surface area contributed by atoms with E-state index in [4.69, 9.17) is 4.74 Å². The number of hydrogen-bond acceptors (Lipinski definition) is 5. The number of alkyl halides is 5. The van der Waals surface area contributed by atoms with E-state index in [0.717, 1.165) is 24.5 Å². The molecule has 4 rings (SSSR count). The van der Waals surface area contributed by atoms with Gasteiger partial charge in [0.15, 0.2) is 6.61 Å². The molecule has 0 bridgehead atoms. The quantitative estimate of drug-likeness (QED) is 0.562. The first-order chi connectivity index (χ1) is 17.1. The second-order valence-electron chi connectivity index (χ2n) is 8.62. The average molecular weight is 513 g/mol. The first-order valence-electron chi connectivity index (χ1n) is 11.4. The molecule has 3 heterocycles. The molecule has 1 saturated carbocycles. The molecule has 0 radical (unpaired) electrons. The van der Waals surface area contributed by atoms with Crippen LogP contribution >= 0.6 is 0 Å². The number of amides is 3. The van der Waals surface area contributed by atoms with E-state index >= 15 is 0 Å². The molecule has 1 saturated heterocycles. The Bertz CT molecular complexity index is 1060. The van der Waals surface area contributed by atoms with Gasteiger partial charge in [-0.1, -0.05) is 0 Å². The molecule has 0 spiro atoms. The van der Waals surface area contributed by atoms with Crippen molar-refractivity contribution in [1.82, 2.24) is 20.2 Å². The van der Waals surface area contributed by atoms with Gasteiger partial charge in [0.2, 0.25) is 0 Å². The van der Waals surface area contributed by atoms with Crippen molar-refractivity contribution in [3.63, 3.8) is 0 Å². The Morgan fingerprint density at radius 3 is 2.39 bits per heavy atom. The molecule has 1 N–H and O–H groups in total. The van der Waals surface area contributed by atoms with Crippen LogP contribution in [0.5, 0.6) is 5.75 Å². The monoisotopic (exact) mass is 513 g/mol. The number of aromatic nitrogens is 2. The number of carbonyl (C=O) groups is 2. The number of anilines is 1. The molecule has 3 amide bonds. The van der Waals surface area contributed by atoms with Gasteiger partial charge in [-0.2, -0.15) is 13.2 Å². The molecule has 2 aliphatic rings. The van der Waals surface area contributed by atoms with Gasteiger partial charge >= 0.3 is 12.2 Å². The topological polar surface area (TPSA) is 87.7 Å². The minimum atomic E-state index is -4.55. The van der Waals surface area contributed by atoms with Crippen LogP contribution in [0, 0.1) is 0 Å². The van der Waals surface area contributed by atoms with Crippen molar-refractivity contribution >= 4 is 17.8 Å². The first kappa shape index (κ1) is 25.6. The van der Waals surface area contributed by atoms with Crippen LogP contribution in [-0.4, -0.2) is 58.6 Å². The Kier molecular flexibility index (Phi) is 7.55. The Morgan fingerprint density at radius 1 is 1.06 bits per heavy atom. The van der Waals surface area contributed by atoms with Crippen LogP contribution in [0.4, 0.5) is 32.6 Å². The summed E-state index contributed by atoms with van der Waals surface area (Å²) in [5, 5.41) is 2.85. The molecule has 194 valence electrons. The number of urea groups is 1. The zero-order chi connectivity index (χ0) is 25.9. The lowest BCUT2D eigenvalue weighted by atomic mass is 9.90. The van der Waals surface area contributed by atoms with Gasteiger partial charge in [0.1, 0.15) is 17.3 Å². The van der Waals surface area contributed by atoms with Crippen LogP contribution in [0.1, 0.15) is 43.4 Å². The minimum Gasteiger partial charge on any atom is -0.482 e. The van der Waals surface area contributed by atoms with Gasteiger partial charge in [-0.05, 0) is 49.9 Å². The van der Waals surface area contributed by atoms with E-state index < -0.39 is 24.2 Å². The lowest BCUT2D eigenvalue weighted by Crippen LogP contribution is -2.46. The first-order valence-corrected chi connectivity index (χ1v) is 11.4. The molecule has 0 unspecified atom stereocenters. The number of ether oxygens (including phenoxy) is 1. The highest BCUT2D eigenvalue weighted by Crippen LogP contribution is 2.30. The van der Waals surface area contributed by atoms with Crippen LogP contribution < -0.4 is 15.0 Å². The van der Waals surface area contributed by atoms with Crippen LogP contribution in [0.3, 0.4) is 0 Å². The summed E-state index contributed by atoms with van der Waals surface area (Å²) in [5.74, 6) is -0.0199. The smallest absolute Gasteiger partial charge is 0.433 e. The minimum absolute atomic E-state index is 0.00883. The van der Waals surface area contributed by atoms with E-state index in [0.29, 0.717) is 44.6 Å². The van der Waals surface area contributed by atoms with Gasteiger partial charge in [0.25, 0.3) is 12.3 Å². The van der Waals surface area contributed by atoms with E-state index in [9.17, 15) is 31.5 Å². The Hall–Kier alpha value is -3.51. The summed E-state index contributed by atoms with van der Waals surface area (Å²) >= 11 is 0. The van der Waals surface area contributed by atoms with E-state index in [1.807, 2.05) is 0 Å². The summed E-state index contributed by atoms with van der Waals surface area (Å²) < 4.78 is 68.4. The number of nitrogens with one attached hydrogen (secondary N) is 1. The van der Waals surface area contributed by atoms with Crippen molar-refractivity contribution in [2.75, 3.05) is 24.6 Å². The fourth-order valence-corrected chi connectivity index (χ4v) is 4.38. The maximum atomic E-state index is 12.9. The van der Waals surface area contributed by atoms with Gasteiger partial charge in [-0.25, -0.2) is 23.5 Å². The molecule has 8 nitrogen and oxygen atoms in total. The van der Waals surface area contributed by atoms with Crippen LogP contribution in [0.15, 0.2) is 36.7 Å². The van der Waals surface area contributed by atoms with Crippen molar-refractivity contribution in [2.24, 2.45) is 0 Å². The third kappa shape index (κ3) is 6.00. The summed E-state index contributed by atoms with van der Waals surface area (Å²) in [7, 11) is 0. The summed E-state index contributed by atoms with van der Waals surface area (Å²) in [6, 6.07) is 4.22. The summed E-state index contributed by atoms with van der Waals surface area (Å²) in [5.41, 5.74) is -1.25. The number of hydrogen-bond donors (Lipinski definition) is 1. The second-order valence-corrected chi connectivity index (χ2v) is 8.62. The molecule has 0 aromatic carbocycles. The highest BCUT2D eigenvalue weighted by atomic mass is 19.4. The Morgan fingerprint density at radius 2 is 1.81 bits per heavy atom. The molecule has 1 aliphatic carbocycles. The van der Waals surface area contributed by atoms with Gasteiger partial charge in [-0.15, -0.1) is 0 Å². The fraction of sp³-hybridized carbons (Fsp3) is 0.478. The van der Waals surface area contributed by atoms with Crippen molar-refractivity contribution < 1.29 is 36.3 Å². The predicted octanol–water partition coefficient (Wildman–Crippen LogP) is 4.18. The highest BCUT2D eigenvalue weighted by molar-refractivity contribution is 5.93. The van der Waals surface area contributed by atoms with E-state index in [2.05, 4.69) is 15.3 Å². The number of rotatable bonds is 7. The zero-order valence-electron chi connectivity index (χ0n) is 19.0. The van der Waals surface area contributed by atoms with Crippen molar-refractivity contribution in [2.45, 2.75) is 50.4 Å². The summed E-state index contributed by atoms with van der Waals surface area (Å²) in [6.45, 7) is 0.546. The van der Waals surface area contributed by atoms with E-state index in [1.165, 1.54) is 17.0 Å². The molecular weight excluding hydrogens is 489 g/mol. The zero-order valence-corrected chi connectivity index (χ0v) is 19.0. The molecule has 0 atom stereocenters. The van der Waals surface area contributed by atoms with E-state index in [1.54, 1.807) is 4.90 Å². The standard InChI is InChI=1S/C23H24F5N5O3/c24-21(25)14-1-8-19(30-11-14)33-10-9-32(22(33)35)16-4-2-15(3-5-16)31-20(34)13-36-17-6-7-18(29-12-17)23(26,27)28/h1,6-8,11-12,15-16,21H,2-5,9-10,13H2,(H,31,34). The van der Waals surface area contributed by atoms with Gasteiger partial charge in [0.05, 0.1) is 6.20 Å². The number of halogens is 5. The summed E-state index contributed by atoms with van der Waals surface area (Å²) in [4.78, 5) is 35.6. The lowest BCUT2D eigenvalue weighted by molar-refractivity contribution is -0.141. The average Bonchev–Trinajstić information content (AvgIpc) is 3.24. The number of pyridine rings is 2. The van der Waals surface area contributed by atoms with Crippen molar-refractivity contribution in [3.05, 3.63) is 47.9 Å². The summed E-state index contributed by atoms with van der Waals surface area (Å²) in [6.07, 6.45) is -2.56. The molecular formula is C23H24F5N5O3. The van der Waals surface area contributed by atoms with E-state index in [-0.39, 0.29) is 36.0 Å². The molecule has 13 heteroatoms. The van der Waals surface area contributed by atoms with Crippen LogP contribution in [0.2, 0.25) is 0 Å². The lowest BCUT2D eigenvalue weighted by Gasteiger charge is -2.34. The normalized spacial score (nSPS) is 20.7. The highest BCUT2D eigenvalue weighted by Gasteiger charge is 2.37. The third-order valence-electron chi connectivity index (χ3n) is 6.24. The molecule has 36 heavy (non-hydrogen) atoms. The predicted molar refractivity (Wildman–Crippen MR) is 118 cm³/mol. The third-order valence-corrected chi connectivity index (χ3v) is 6.24. The largest absolute Gasteiger partial charge is 0.482 e. The number of nitrogens with zero attached hydrogens (tertiary/aromatic N) is 4. The Labute approximate surface area is 203 Å². The second kappa shape index (κ2) is 10.6. The fourth-order valence-electron chi connectivity index (χ4n) is 4.38. The van der Waals surface area contributed by atoms with Gasteiger partial charge in [-0.3, -0.25) is 9.69 Å². The van der Waals surface area contributed by atoms with Crippen molar-refractivity contribution in [3.8, 4) is 5.75 Å². The molecule has 2 aromatic heterocycles. The molecule has 1 aliphatic heterocycles. The molecule has 2 fully saturated rings. The van der Waals surface area contributed by atoms with Gasteiger partial charge < -0.3 is 15.0 Å². The van der Waals surface area contributed by atoms with Crippen LogP contribution in [-0.2, 0) is 11.0 Å². The number of carbonyl (C=O) groups excluding carboxylic acids is 2.